The third-order valence-corrected chi connectivity index (χ3v) is 5.90. The van der Waals surface area contributed by atoms with Gasteiger partial charge >= 0.3 is 0 Å². The molecular formula is C18H28N4O2. The average Bonchev–Trinajstić information content (AvgIpc) is 3.36. The highest BCUT2D eigenvalue weighted by atomic mass is 16.5. The number of likely N-dealkylation sites (tertiary alicyclic amines) is 1. The van der Waals surface area contributed by atoms with E-state index in [0.717, 1.165) is 43.8 Å². The van der Waals surface area contributed by atoms with Crippen molar-refractivity contribution < 1.29 is 9.53 Å². The summed E-state index contributed by atoms with van der Waals surface area (Å²) in [6, 6.07) is 0.409. The topological polar surface area (TPSA) is 70.2 Å². The molecule has 1 saturated carbocycles. The van der Waals surface area contributed by atoms with Crippen molar-refractivity contribution in [2.75, 3.05) is 26.3 Å². The van der Waals surface area contributed by atoms with Crippen molar-refractivity contribution in [3.8, 4) is 0 Å². The Kier molecular flexibility index (Phi) is 4.85. The smallest absolute Gasteiger partial charge is 0.255 e. The van der Waals surface area contributed by atoms with Gasteiger partial charge < -0.3 is 10.1 Å². The van der Waals surface area contributed by atoms with Gasteiger partial charge in [-0.3, -0.25) is 14.8 Å². The van der Waals surface area contributed by atoms with E-state index in [1.165, 1.54) is 32.1 Å². The zero-order valence-electron chi connectivity index (χ0n) is 14.3. The fourth-order valence-corrected chi connectivity index (χ4v) is 4.54. The van der Waals surface area contributed by atoms with Crippen LogP contribution in [-0.4, -0.2) is 59.4 Å². The molecule has 6 heteroatoms. The first-order chi connectivity index (χ1) is 11.8. The number of H-pyrrole nitrogens is 1. The van der Waals surface area contributed by atoms with E-state index in [0.29, 0.717) is 18.6 Å². The van der Waals surface area contributed by atoms with Crippen molar-refractivity contribution in [1.29, 1.82) is 0 Å². The highest BCUT2D eigenvalue weighted by molar-refractivity contribution is 5.95. The third-order valence-electron chi connectivity index (χ3n) is 5.90. The molecule has 2 aliphatic heterocycles. The van der Waals surface area contributed by atoms with Crippen LogP contribution < -0.4 is 5.32 Å². The van der Waals surface area contributed by atoms with Gasteiger partial charge in [-0.1, -0.05) is 19.3 Å². The Morgan fingerprint density at radius 3 is 2.75 bits per heavy atom. The van der Waals surface area contributed by atoms with Crippen LogP contribution in [-0.2, 0) is 4.74 Å². The van der Waals surface area contributed by atoms with E-state index in [1.807, 2.05) is 0 Å². The standard InChI is InChI=1S/C18H28N4O2/c23-18(14-10-19-21-17(14)13-6-2-1-3-7-13)20-15-11-24-12-16(15)22-8-4-5-9-22/h10,13,15-16H,1-9,11-12H2,(H,19,21)(H,20,23)/t15-,16-/m0/s1. The van der Waals surface area contributed by atoms with Gasteiger partial charge in [0.05, 0.1) is 42.8 Å². The van der Waals surface area contributed by atoms with Gasteiger partial charge in [0.2, 0.25) is 0 Å². The minimum Gasteiger partial charge on any atom is -0.378 e. The van der Waals surface area contributed by atoms with E-state index in [1.54, 1.807) is 6.20 Å². The molecule has 2 N–H and O–H groups in total. The number of aromatic nitrogens is 2. The number of hydrogen-bond donors (Lipinski definition) is 2. The maximum atomic E-state index is 12.8. The van der Waals surface area contributed by atoms with Crippen LogP contribution in [0.25, 0.3) is 0 Å². The molecule has 132 valence electrons. The molecule has 2 atom stereocenters. The zero-order chi connectivity index (χ0) is 16.4. The van der Waals surface area contributed by atoms with Crippen LogP contribution in [0, 0.1) is 0 Å². The Bertz CT molecular complexity index is 561. The van der Waals surface area contributed by atoms with Crippen molar-refractivity contribution in [2.45, 2.75) is 62.9 Å². The van der Waals surface area contributed by atoms with Gasteiger partial charge in [-0.25, -0.2) is 0 Å². The third kappa shape index (κ3) is 3.22. The van der Waals surface area contributed by atoms with Gasteiger partial charge in [-0.2, -0.15) is 5.10 Å². The minimum absolute atomic E-state index is 0.00372. The molecule has 3 heterocycles. The molecule has 1 aromatic rings. The van der Waals surface area contributed by atoms with Crippen LogP contribution in [0.5, 0.6) is 0 Å². The number of hydrogen-bond acceptors (Lipinski definition) is 4. The zero-order valence-corrected chi connectivity index (χ0v) is 14.3. The molecule has 4 rings (SSSR count). The summed E-state index contributed by atoms with van der Waals surface area (Å²) in [7, 11) is 0. The van der Waals surface area contributed by atoms with Crippen LogP contribution in [0.4, 0.5) is 0 Å². The van der Waals surface area contributed by atoms with Crippen LogP contribution in [0.2, 0.25) is 0 Å². The first-order valence-corrected chi connectivity index (χ1v) is 9.49. The van der Waals surface area contributed by atoms with E-state index < -0.39 is 0 Å². The molecule has 1 aromatic heterocycles. The molecule has 2 saturated heterocycles. The Morgan fingerprint density at radius 1 is 1.17 bits per heavy atom. The van der Waals surface area contributed by atoms with Crippen LogP contribution in [0.15, 0.2) is 6.20 Å². The van der Waals surface area contributed by atoms with Crippen molar-refractivity contribution in [2.24, 2.45) is 0 Å². The molecule has 0 aromatic carbocycles. The molecule has 24 heavy (non-hydrogen) atoms. The SMILES string of the molecule is O=C(N[C@H]1COC[C@@H]1N1CCCC1)c1cn[nH]c1C1CCCCC1. The predicted molar refractivity (Wildman–Crippen MR) is 91.1 cm³/mol. The molecule has 3 fully saturated rings. The van der Waals surface area contributed by atoms with E-state index >= 15 is 0 Å². The lowest BCUT2D eigenvalue weighted by Gasteiger charge is -2.28. The maximum absolute atomic E-state index is 12.8. The molecule has 6 nitrogen and oxygen atoms in total. The summed E-state index contributed by atoms with van der Waals surface area (Å²) in [4.78, 5) is 15.3. The van der Waals surface area contributed by atoms with E-state index in [9.17, 15) is 4.79 Å². The Labute approximate surface area is 143 Å². The molecule has 1 aliphatic carbocycles. The molecule has 0 bridgehead atoms. The van der Waals surface area contributed by atoms with E-state index in [2.05, 4.69) is 20.4 Å². The van der Waals surface area contributed by atoms with Gasteiger partial charge in [0.1, 0.15) is 0 Å². The second kappa shape index (κ2) is 7.23. The normalized spacial score (nSPS) is 29.2. The van der Waals surface area contributed by atoms with Crippen molar-refractivity contribution in [1.82, 2.24) is 20.4 Å². The van der Waals surface area contributed by atoms with E-state index in [-0.39, 0.29) is 11.9 Å². The van der Waals surface area contributed by atoms with Crippen LogP contribution >= 0.6 is 0 Å². The van der Waals surface area contributed by atoms with Gasteiger partial charge in [0, 0.05) is 5.92 Å². The summed E-state index contributed by atoms with van der Waals surface area (Å²) in [5, 5.41) is 10.5. The molecular weight excluding hydrogens is 304 g/mol. The number of aromatic amines is 1. The number of ether oxygens (including phenoxy) is 1. The molecule has 1 amide bonds. The summed E-state index contributed by atoms with van der Waals surface area (Å²) in [5.41, 5.74) is 1.76. The van der Waals surface area contributed by atoms with E-state index in [4.69, 9.17) is 4.74 Å². The fraction of sp³-hybridized carbons (Fsp3) is 0.778. The molecule has 0 unspecified atom stereocenters. The largest absolute Gasteiger partial charge is 0.378 e. The summed E-state index contributed by atoms with van der Waals surface area (Å²) in [6.07, 6.45) is 10.3. The Morgan fingerprint density at radius 2 is 1.96 bits per heavy atom. The quantitative estimate of drug-likeness (QED) is 0.885. The number of nitrogens with zero attached hydrogens (tertiary/aromatic N) is 2. The molecule has 0 radical (unpaired) electrons. The monoisotopic (exact) mass is 332 g/mol. The number of amides is 1. The van der Waals surface area contributed by atoms with Crippen molar-refractivity contribution >= 4 is 5.91 Å². The maximum Gasteiger partial charge on any atom is 0.255 e. The van der Waals surface area contributed by atoms with Gasteiger partial charge in [-0.05, 0) is 38.8 Å². The average molecular weight is 332 g/mol. The van der Waals surface area contributed by atoms with Gasteiger partial charge in [-0.15, -0.1) is 0 Å². The van der Waals surface area contributed by atoms with Gasteiger partial charge in [0.15, 0.2) is 0 Å². The second-order valence-electron chi connectivity index (χ2n) is 7.46. The second-order valence-corrected chi connectivity index (χ2v) is 7.46. The summed E-state index contributed by atoms with van der Waals surface area (Å²) < 4.78 is 5.67. The number of carbonyl (C=O) groups excluding carboxylic acids is 1. The lowest BCUT2D eigenvalue weighted by atomic mass is 9.85. The van der Waals surface area contributed by atoms with Crippen molar-refractivity contribution in [3.63, 3.8) is 0 Å². The van der Waals surface area contributed by atoms with Crippen LogP contribution in [0.1, 0.15) is 66.9 Å². The number of carbonyl (C=O) groups is 1. The predicted octanol–water partition coefficient (Wildman–Crippen LogP) is 2.05. The van der Waals surface area contributed by atoms with Crippen LogP contribution in [0.3, 0.4) is 0 Å². The fourth-order valence-electron chi connectivity index (χ4n) is 4.54. The minimum atomic E-state index is 0.00372. The van der Waals surface area contributed by atoms with Gasteiger partial charge in [0.25, 0.3) is 5.91 Å². The van der Waals surface area contributed by atoms with Crippen molar-refractivity contribution in [3.05, 3.63) is 17.5 Å². The highest BCUT2D eigenvalue weighted by Crippen LogP contribution is 2.33. The highest BCUT2D eigenvalue weighted by Gasteiger charge is 2.36. The lowest BCUT2D eigenvalue weighted by molar-refractivity contribution is 0.0915. The first-order valence-electron chi connectivity index (χ1n) is 9.49. The number of nitrogens with one attached hydrogen (secondary N) is 2. The first kappa shape index (κ1) is 16.1. The Balaban J connectivity index is 1.43. The lowest BCUT2D eigenvalue weighted by Crippen LogP contribution is -2.50. The molecule has 0 spiro atoms. The Hall–Kier alpha value is -1.40. The summed E-state index contributed by atoms with van der Waals surface area (Å²) >= 11 is 0. The summed E-state index contributed by atoms with van der Waals surface area (Å²) in [5.74, 6) is 0.459. The molecule has 3 aliphatic rings. The summed E-state index contributed by atoms with van der Waals surface area (Å²) in [6.45, 7) is 3.59. The number of rotatable bonds is 4.